The molecule has 0 aromatic heterocycles. The summed E-state index contributed by atoms with van der Waals surface area (Å²) in [6.07, 6.45) is 5.24. The molecule has 0 heterocycles. The Morgan fingerprint density at radius 3 is 2.45 bits per heavy atom. The largest absolute Gasteiger partial charge is 0.314 e. The first-order valence-corrected chi connectivity index (χ1v) is 8.45. The molecule has 4 unspecified atom stereocenters. The zero-order valence-corrected chi connectivity index (χ0v) is 13.8. The molecule has 0 amide bonds. The van der Waals surface area contributed by atoms with Gasteiger partial charge in [0, 0.05) is 11.1 Å². The minimum Gasteiger partial charge on any atom is -0.314 e. The molecule has 2 heteroatoms. The standard InChI is InChI=1S/C18H28ClN/c1-4-20-18(12-15-6-9-17(19)10-7-15)16-8-5-13(2)14(3)11-16/h6-7,9-10,13-14,16,18,20H,4-5,8,11-12H2,1-3H3. The summed E-state index contributed by atoms with van der Waals surface area (Å²) >= 11 is 5.98. The van der Waals surface area contributed by atoms with Gasteiger partial charge in [-0.15, -0.1) is 0 Å². The summed E-state index contributed by atoms with van der Waals surface area (Å²) in [7, 11) is 0. The number of likely N-dealkylation sites (N-methyl/N-ethyl adjacent to an activating group) is 1. The van der Waals surface area contributed by atoms with Crippen LogP contribution in [0.2, 0.25) is 5.02 Å². The van der Waals surface area contributed by atoms with Gasteiger partial charge < -0.3 is 5.32 Å². The number of hydrogen-bond acceptors (Lipinski definition) is 1. The van der Waals surface area contributed by atoms with E-state index in [1.165, 1.54) is 24.8 Å². The fourth-order valence-corrected chi connectivity index (χ4v) is 3.62. The average Bonchev–Trinajstić information content (AvgIpc) is 2.44. The van der Waals surface area contributed by atoms with Crippen LogP contribution in [-0.4, -0.2) is 12.6 Å². The molecule has 0 radical (unpaired) electrons. The second-order valence-corrected chi connectivity index (χ2v) is 6.96. The molecule has 1 fully saturated rings. The molecule has 4 atom stereocenters. The first-order valence-electron chi connectivity index (χ1n) is 8.08. The molecule has 0 spiro atoms. The van der Waals surface area contributed by atoms with Crippen molar-refractivity contribution in [3.05, 3.63) is 34.9 Å². The van der Waals surface area contributed by atoms with Crippen molar-refractivity contribution in [2.75, 3.05) is 6.54 Å². The van der Waals surface area contributed by atoms with Crippen LogP contribution in [0.5, 0.6) is 0 Å². The van der Waals surface area contributed by atoms with E-state index in [9.17, 15) is 0 Å². The van der Waals surface area contributed by atoms with Crippen LogP contribution in [0.1, 0.15) is 45.6 Å². The molecular weight excluding hydrogens is 266 g/mol. The molecule has 0 bridgehead atoms. The second-order valence-electron chi connectivity index (χ2n) is 6.52. The van der Waals surface area contributed by atoms with Crippen molar-refractivity contribution in [2.24, 2.45) is 17.8 Å². The van der Waals surface area contributed by atoms with Crippen molar-refractivity contribution < 1.29 is 0 Å². The highest BCUT2D eigenvalue weighted by molar-refractivity contribution is 6.30. The average molecular weight is 294 g/mol. The first-order chi connectivity index (χ1) is 9.60. The Balaban J connectivity index is 2.01. The number of hydrogen-bond donors (Lipinski definition) is 1. The maximum absolute atomic E-state index is 5.98. The van der Waals surface area contributed by atoms with Crippen molar-refractivity contribution >= 4 is 11.6 Å². The molecule has 20 heavy (non-hydrogen) atoms. The van der Waals surface area contributed by atoms with E-state index in [0.717, 1.165) is 35.7 Å². The lowest BCUT2D eigenvalue weighted by molar-refractivity contribution is 0.171. The number of nitrogens with one attached hydrogen (secondary N) is 1. The summed E-state index contributed by atoms with van der Waals surface area (Å²) in [5.74, 6) is 2.57. The van der Waals surface area contributed by atoms with Gasteiger partial charge in [-0.3, -0.25) is 0 Å². The molecule has 1 aromatic carbocycles. The zero-order chi connectivity index (χ0) is 14.5. The highest BCUT2D eigenvalue weighted by Gasteiger charge is 2.29. The van der Waals surface area contributed by atoms with Gasteiger partial charge in [0.15, 0.2) is 0 Å². The van der Waals surface area contributed by atoms with Crippen molar-refractivity contribution in [2.45, 2.75) is 52.5 Å². The van der Waals surface area contributed by atoms with E-state index in [0.29, 0.717) is 6.04 Å². The quantitative estimate of drug-likeness (QED) is 0.811. The van der Waals surface area contributed by atoms with Gasteiger partial charge in [-0.25, -0.2) is 0 Å². The predicted octanol–water partition coefficient (Wildman–Crippen LogP) is 4.93. The Labute approximate surface area is 129 Å². The SMILES string of the molecule is CCNC(Cc1ccc(Cl)cc1)C1CCC(C)C(C)C1. The summed E-state index contributed by atoms with van der Waals surface area (Å²) in [4.78, 5) is 0. The van der Waals surface area contributed by atoms with Gasteiger partial charge >= 0.3 is 0 Å². The van der Waals surface area contributed by atoms with E-state index >= 15 is 0 Å². The van der Waals surface area contributed by atoms with Crippen LogP contribution in [0.25, 0.3) is 0 Å². The molecule has 0 aliphatic heterocycles. The summed E-state index contributed by atoms with van der Waals surface area (Å²) in [6.45, 7) is 8.09. The summed E-state index contributed by atoms with van der Waals surface area (Å²) in [5, 5.41) is 4.55. The molecule has 1 nitrogen and oxygen atoms in total. The maximum atomic E-state index is 5.98. The van der Waals surface area contributed by atoms with Gasteiger partial charge in [-0.2, -0.15) is 0 Å². The maximum Gasteiger partial charge on any atom is 0.0406 e. The predicted molar refractivity (Wildman–Crippen MR) is 88.3 cm³/mol. The van der Waals surface area contributed by atoms with Gasteiger partial charge in [-0.05, 0) is 61.3 Å². The van der Waals surface area contributed by atoms with Crippen LogP contribution in [0.15, 0.2) is 24.3 Å². The molecule has 0 saturated heterocycles. The third kappa shape index (κ3) is 4.23. The van der Waals surface area contributed by atoms with E-state index in [2.05, 4.69) is 38.2 Å². The minimum absolute atomic E-state index is 0.608. The van der Waals surface area contributed by atoms with E-state index in [-0.39, 0.29) is 0 Å². The Hall–Kier alpha value is -0.530. The Morgan fingerprint density at radius 2 is 1.85 bits per heavy atom. The van der Waals surface area contributed by atoms with Crippen molar-refractivity contribution in [3.8, 4) is 0 Å². The van der Waals surface area contributed by atoms with Crippen LogP contribution in [0, 0.1) is 17.8 Å². The van der Waals surface area contributed by atoms with E-state index in [1.807, 2.05) is 12.1 Å². The van der Waals surface area contributed by atoms with Gasteiger partial charge in [0.2, 0.25) is 0 Å². The van der Waals surface area contributed by atoms with Gasteiger partial charge in [-0.1, -0.05) is 50.9 Å². The molecule has 2 rings (SSSR count). The molecule has 112 valence electrons. The fourth-order valence-electron chi connectivity index (χ4n) is 3.50. The lowest BCUT2D eigenvalue weighted by Gasteiger charge is -2.37. The van der Waals surface area contributed by atoms with E-state index < -0.39 is 0 Å². The fraction of sp³-hybridized carbons (Fsp3) is 0.667. The van der Waals surface area contributed by atoms with Gasteiger partial charge in [0.1, 0.15) is 0 Å². The topological polar surface area (TPSA) is 12.0 Å². The van der Waals surface area contributed by atoms with Crippen LogP contribution in [0.4, 0.5) is 0 Å². The zero-order valence-electron chi connectivity index (χ0n) is 13.0. The van der Waals surface area contributed by atoms with Crippen molar-refractivity contribution in [3.63, 3.8) is 0 Å². The van der Waals surface area contributed by atoms with Crippen molar-refractivity contribution in [1.82, 2.24) is 5.32 Å². The first kappa shape index (κ1) is 15.9. The van der Waals surface area contributed by atoms with Crippen LogP contribution in [0.3, 0.4) is 0 Å². The molecule has 1 aliphatic carbocycles. The highest BCUT2D eigenvalue weighted by Crippen LogP contribution is 2.35. The normalized spacial score (nSPS) is 28.3. The van der Waals surface area contributed by atoms with E-state index in [1.54, 1.807) is 0 Å². The molecule has 1 aromatic rings. The third-order valence-electron chi connectivity index (χ3n) is 5.04. The Morgan fingerprint density at radius 1 is 1.15 bits per heavy atom. The molecule has 1 aliphatic rings. The Kier molecular flexibility index (Phi) is 5.92. The van der Waals surface area contributed by atoms with Crippen LogP contribution in [-0.2, 0) is 6.42 Å². The van der Waals surface area contributed by atoms with E-state index in [4.69, 9.17) is 11.6 Å². The summed E-state index contributed by atoms with van der Waals surface area (Å²) in [5.41, 5.74) is 1.40. The monoisotopic (exact) mass is 293 g/mol. The highest BCUT2D eigenvalue weighted by atomic mass is 35.5. The lowest BCUT2D eigenvalue weighted by Crippen LogP contribution is -2.41. The number of halogens is 1. The number of benzene rings is 1. The lowest BCUT2D eigenvalue weighted by atomic mass is 9.72. The van der Waals surface area contributed by atoms with Gasteiger partial charge in [0.25, 0.3) is 0 Å². The second kappa shape index (κ2) is 7.47. The molecular formula is C18H28ClN. The van der Waals surface area contributed by atoms with Crippen molar-refractivity contribution in [1.29, 1.82) is 0 Å². The number of rotatable bonds is 5. The summed E-state index contributed by atoms with van der Waals surface area (Å²) < 4.78 is 0. The van der Waals surface area contributed by atoms with Gasteiger partial charge in [0.05, 0.1) is 0 Å². The molecule has 1 saturated carbocycles. The van der Waals surface area contributed by atoms with Crippen LogP contribution >= 0.6 is 11.6 Å². The Bertz CT molecular complexity index is 400. The minimum atomic E-state index is 0.608. The molecule has 1 N–H and O–H groups in total. The summed E-state index contributed by atoms with van der Waals surface area (Å²) in [6, 6.07) is 8.95. The smallest absolute Gasteiger partial charge is 0.0406 e. The third-order valence-corrected chi connectivity index (χ3v) is 5.29. The van der Waals surface area contributed by atoms with Crippen LogP contribution < -0.4 is 5.32 Å².